The van der Waals surface area contributed by atoms with E-state index in [0.717, 1.165) is 25.7 Å². The molecule has 0 saturated heterocycles. The second-order valence-corrected chi connectivity index (χ2v) is 9.55. The van der Waals surface area contributed by atoms with Crippen molar-refractivity contribution < 1.29 is 14.3 Å². The third-order valence-corrected chi connectivity index (χ3v) is 6.40. The Kier molecular flexibility index (Phi) is 18.6. The molecule has 3 nitrogen and oxygen atoms in total. The summed E-state index contributed by atoms with van der Waals surface area (Å²) in [5.74, 6) is 0.296. The Morgan fingerprint density at radius 3 is 1.52 bits per heavy atom. The lowest BCUT2D eigenvalue weighted by Gasteiger charge is -2.09. The minimum absolute atomic E-state index is 0.0874. The third kappa shape index (κ3) is 15.8. The highest BCUT2D eigenvalue weighted by Crippen LogP contribution is 2.22. The number of rotatable bonds is 22. The van der Waals surface area contributed by atoms with E-state index in [1.807, 2.05) is 12.1 Å². The summed E-state index contributed by atoms with van der Waals surface area (Å²) >= 11 is 0. The topological polar surface area (TPSA) is 43.4 Å². The Balaban J connectivity index is 2.21. The number of benzene rings is 1. The van der Waals surface area contributed by atoms with Crippen molar-refractivity contribution in [3.8, 4) is 5.75 Å². The summed E-state index contributed by atoms with van der Waals surface area (Å²) in [5, 5.41) is 0. The van der Waals surface area contributed by atoms with E-state index in [2.05, 4.69) is 13.8 Å². The molecular weight excluding hydrogens is 408 g/mol. The maximum Gasteiger partial charge on any atom is 0.311 e. The van der Waals surface area contributed by atoms with E-state index in [9.17, 15) is 9.59 Å². The molecule has 0 N–H and O–H groups in total. The Morgan fingerprint density at radius 2 is 1.00 bits per heavy atom. The number of hydrogen-bond acceptors (Lipinski definition) is 3. The van der Waals surface area contributed by atoms with Crippen LogP contribution in [0, 0.1) is 0 Å². The zero-order chi connectivity index (χ0) is 24.0. The molecule has 0 amide bonds. The fourth-order valence-electron chi connectivity index (χ4n) is 4.27. The molecule has 188 valence electrons. The lowest BCUT2D eigenvalue weighted by Crippen LogP contribution is -2.11. The Morgan fingerprint density at radius 1 is 0.576 bits per heavy atom. The molecule has 0 radical (unpaired) electrons. The first-order valence-corrected chi connectivity index (χ1v) is 14.0. The van der Waals surface area contributed by atoms with Gasteiger partial charge in [0.1, 0.15) is 5.75 Å². The molecule has 1 aromatic rings. The van der Waals surface area contributed by atoms with Crippen LogP contribution in [0.5, 0.6) is 5.75 Å². The van der Waals surface area contributed by atoms with Crippen LogP contribution in [0.25, 0.3) is 0 Å². The van der Waals surface area contributed by atoms with Gasteiger partial charge < -0.3 is 4.74 Å². The van der Waals surface area contributed by atoms with Crippen molar-refractivity contribution in [3.63, 3.8) is 0 Å². The summed E-state index contributed by atoms with van der Waals surface area (Å²) in [4.78, 5) is 25.0. The molecule has 1 rings (SSSR count). The van der Waals surface area contributed by atoms with Crippen molar-refractivity contribution in [3.05, 3.63) is 29.8 Å². The lowest BCUT2D eigenvalue weighted by atomic mass is 10.0. The van der Waals surface area contributed by atoms with Gasteiger partial charge in [-0.25, -0.2) is 0 Å². The molecule has 0 aromatic heterocycles. The summed E-state index contributed by atoms with van der Waals surface area (Å²) < 4.78 is 5.57. The molecule has 0 unspecified atom stereocenters. The maximum absolute atomic E-state index is 12.7. The van der Waals surface area contributed by atoms with Crippen molar-refractivity contribution in [1.29, 1.82) is 0 Å². The van der Waals surface area contributed by atoms with E-state index in [4.69, 9.17) is 4.74 Å². The number of esters is 1. The van der Waals surface area contributed by atoms with Gasteiger partial charge in [0, 0.05) is 12.8 Å². The summed E-state index contributed by atoms with van der Waals surface area (Å²) in [5.41, 5.74) is 0.553. The number of ether oxygens (including phenoxy) is 1. The van der Waals surface area contributed by atoms with Gasteiger partial charge in [0.25, 0.3) is 0 Å². The van der Waals surface area contributed by atoms with Crippen LogP contribution in [0.4, 0.5) is 0 Å². The molecule has 1 aromatic carbocycles. The molecule has 0 fully saturated rings. The van der Waals surface area contributed by atoms with E-state index < -0.39 is 0 Å². The van der Waals surface area contributed by atoms with E-state index >= 15 is 0 Å². The first-order chi connectivity index (χ1) is 16.2. The van der Waals surface area contributed by atoms with Gasteiger partial charge in [-0.3, -0.25) is 9.59 Å². The number of hydrogen-bond donors (Lipinski definition) is 0. The SMILES string of the molecule is CCCCCCCCCCCC(=O)Oc1ccccc1C(=O)CCCCCCCCCCC. The minimum Gasteiger partial charge on any atom is -0.426 e. The van der Waals surface area contributed by atoms with Gasteiger partial charge in [-0.1, -0.05) is 129 Å². The van der Waals surface area contributed by atoms with Gasteiger partial charge in [0.2, 0.25) is 0 Å². The highest BCUT2D eigenvalue weighted by atomic mass is 16.5. The molecular formula is C30H50O3. The van der Waals surface area contributed by atoms with Gasteiger partial charge in [0.15, 0.2) is 5.78 Å². The Bertz CT molecular complexity index is 623. The van der Waals surface area contributed by atoms with E-state index in [1.54, 1.807) is 12.1 Å². The van der Waals surface area contributed by atoms with Gasteiger partial charge in [0.05, 0.1) is 5.56 Å². The first-order valence-electron chi connectivity index (χ1n) is 14.0. The number of ketones is 1. The molecule has 0 aliphatic heterocycles. The third-order valence-electron chi connectivity index (χ3n) is 6.40. The number of carbonyl (C=O) groups excluding carboxylic acids is 2. The number of carbonyl (C=O) groups is 2. The zero-order valence-corrected chi connectivity index (χ0v) is 21.7. The zero-order valence-electron chi connectivity index (χ0n) is 21.7. The van der Waals surface area contributed by atoms with E-state index in [0.29, 0.717) is 24.2 Å². The quantitative estimate of drug-likeness (QED) is 0.0751. The lowest BCUT2D eigenvalue weighted by molar-refractivity contribution is -0.134. The average Bonchev–Trinajstić information content (AvgIpc) is 2.82. The summed E-state index contributed by atoms with van der Waals surface area (Å²) in [7, 11) is 0. The second-order valence-electron chi connectivity index (χ2n) is 9.55. The first kappa shape index (κ1) is 29.4. The second kappa shape index (κ2) is 20.9. The fourth-order valence-corrected chi connectivity index (χ4v) is 4.27. The molecule has 0 bridgehead atoms. The van der Waals surface area contributed by atoms with Crippen LogP contribution in [-0.2, 0) is 4.79 Å². The monoisotopic (exact) mass is 458 g/mol. The van der Waals surface area contributed by atoms with Crippen molar-refractivity contribution in [2.24, 2.45) is 0 Å². The van der Waals surface area contributed by atoms with Crippen LogP contribution in [0.15, 0.2) is 24.3 Å². The highest BCUT2D eigenvalue weighted by Gasteiger charge is 2.14. The van der Waals surface area contributed by atoms with Gasteiger partial charge in [-0.15, -0.1) is 0 Å². The van der Waals surface area contributed by atoms with E-state index in [1.165, 1.54) is 89.9 Å². The largest absolute Gasteiger partial charge is 0.426 e. The van der Waals surface area contributed by atoms with Crippen molar-refractivity contribution in [1.82, 2.24) is 0 Å². The van der Waals surface area contributed by atoms with Crippen LogP contribution in [-0.4, -0.2) is 11.8 Å². The molecule has 0 saturated carbocycles. The summed E-state index contributed by atoms with van der Waals surface area (Å²) in [6.07, 6.45) is 23.1. The van der Waals surface area contributed by atoms with Crippen LogP contribution in [0.3, 0.4) is 0 Å². The standard InChI is InChI=1S/C30H50O3/c1-3-5-7-9-11-13-15-17-19-24-28(31)27-23-21-22-25-29(27)33-30(32)26-20-18-16-14-12-10-8-6-4-2/h21-23,25H,3-20,24,26H2,1-2H3. The predicted molar refractivity (Wildman–Crippen MR) is 140 cm³/mol. The molecule has 33 heavy (non-hydrogen) atoms. The van der Waals surface area contributed by atoms with Gasteiger partial charge in [-0.05, 0) is 25.0 Å². The van der Waals surface area contributed by atoms with Gasteiger partial charge >= 0.3 is 5.97 Å². The Labute approximate surface area is 204 Å². The number of para-hydroxylation sites is 1. The normalized spacial score (nSPS) is 11.0. The van der Waals surface area contributed by atoms with Crippen LogP contribution >= 0.6 is 0 Å². The smallest absolute Gasteiger partial charge is 0.311 e. The van der Waals surface area contributed by atoms with Crippen LogP contribution in [0.2, 0.25) is 0 Å². The van der Waals surface area contributed by atoms with Crippen molar-refractivity contribution in [2.75, 3.05) is 0 Å². The summed E-state index contributed by atoms with van der Waals surface area (Å²) in [6.45, 7) is 4.49. The molecule has 0 aliphatic rings. The molecule has 0 spiro atoms. The molecule has 0 atom stereocenters. The van der Waals surface area contributed by atoms with Crippen molar-refractivity contribution >= 4 is 11.8 Å². The fraction of sp³-hybridized carbons (Fsp3) is 0.733. The minimum atomic E-state index is -0.221. The number of unbranched alkanes of at least 4 members (excludes halogenated alkanes) is 16. The Hall–Kier alpha value is -1.64. The van der Waals surface area contributed by atoms with Gasteiger partial charge in [-0.2, -0.15) is 0 Å². The van der Waals surface area contributed by atoms with Crippen LogP contribution in [0.1, 0.15) is 153 Å². The number of Topliss-reactive ketones (excluding diaryl/α,β-unsaturated/α-hetero) is 1. The summed E-state index contributed by atoms with van der Waals surface area (Å²) in [6, 6.07) is 7.22. The molecule has 3 heteroatoms. The highest BCUT2D eigenvalue weighted by molar-refractivity contribution is 5.99. The molecule has 0 aliphatic carbocycles. The van der Waals surface area contributed by atoms with E-state index in [-0.39, 0.29) is 11.8 Å². The maximum atomic E-state index is 12.7. The average molecular weight is 459 g/mol. The van der Waals surface area contributed by atoms with Crippen molar-refractivity contribution in [2.45, 2.75) is 142 Å². The van der Waals surface area contributed by atoms with Crippen LogP contribution < -0.4 is 4.74 Å². The predicted octanol–water partition coefficient (Wildman–Crippen LogP) is 9.62. The molecule has 0 heterocycles.